The highest BCUT2D eigenvalue weighted by Gasteiger charge is 2.33. The van der Waals surface area contributed by atoms with Crippen molar-refractivity contribution >= 4 is 22.4 Å². The van der Waals surface area contributed by atoms with E-state index in [4.69, 9.17) is 10.5 Å². The topological polar surface area (TPSA) is 93.4 Å². The molecule has 3 N–H and O–H groups in total. The van der Waals surface area contributed by atoms with E-state index in [9.17, 15) is 4.79 Å². The Hall–Kier alpha value is -1.25. The van der Waals surface area contributed by atoms with Gasteiger partial charge in [0.05, 0.1) is 13.2 Å². The van der Waals surface area contributed by atoms with Crippen molar-refractivity contribution in [2.45, 2.75) is 31.5 Å². The Morgan fingerprint density at radius 2 is 2.42 bits per heavy atom. The Kier molecular flexibility index (Phi) is 3.63. The van der Waals surface area contributed by atoms with Gasteiger partial charge >= 0.3 is 0 Å². The first-order chi connectivity index (χ1) is 9.24. The molecule has 7 nitrogen and oxygen atoms in total. The Labute approximate surface area is 115 Å². The predicted octanol–water partition coefficient (Wildman–Crippen LogP) is -0.400. The summed E-state index contributed by atoms with van der Waals surface area (Å²) in [6, 6.07) is 0.109. The zero-order chi connectivity index (χ0) is 13.2. The lowest BCUT2D eigenvalue weighted by molar-refractivity contribution is -0.133. The van der Waals surface area contributed by atoms with Crippen molar-refractivity contribution in [3.05, 3.63) is 5.69 Å². The minimum Gasteiger partial charge on any atom is -0.388 e. The SMILES string of the molecule is Nc1snnc1CN1CCOCC1C(=O)NC1CC1. The fraction of sp³-hybridized carbons (Fsp3) is 0.727. The predicted molar refractivity (Wildman–Crippen MR) is 70.5 cm³/mol. The first-order valence-corrected chi connectivity index (χ1v) is 7.20. The average molecular weight is 283 g/mol. The number of nitrogens with one attached hydrogen (secondary N) is 1. The number of morpholine rings is 1. The van der Waals surface area contributed by atoms with Gasteiger partial charge < -0.3 is 15.8 Å². The van der Waals surface area contributed by atoms with Crippen molar-refractivity contribution < 1.29 is 9.53 Å². The Balaban J connectivity index is 1.66. The lowest BCUT2D eigenvalue weighted by Gasteiger charge is -2.34. The van der Waals surface area contributed by atoms with Crippen LogP contribution in [0.5, 0.6) is 0 Å². The second kappa shape index (κ2) is 5.40. The van der Waals surface area contributed by atoms with E-state index in [1.807, 2.05) is 0 Å². The third kappa shape index (κ3) is 3.02. The number of anilines is 1. The minimum atomic E-state index is -0.254. The monoisotopic (exact) mass is 283 g/mol. The van der Waals surface area contributed by atoms with E-state index in [1.165, 1.54) is 11.5 Å². The second-order valence-electron chi connectivity index (χ2n) is 4.93. The fourth-order valence-electron chi connectivity index (χ4n) is 2.11. The molecule has 2 aliphatic rings. The van der Waals surface area contributed by atoms with Crippen molar-refractivity contribution in [2.24, 2.45) is 0 Å². The molecule has 8 heteroatoms. The van der Waals surface area contributed by atoms with Crippen LogP contribution < -0.4 is 11.1 Å². The lowest BCUT2D eigenvalue weighted by Crippen LogP contribution is -2.53. The standard InChI is InChI=1S/C11H17N5O2S/c12-10-8(14-15-19-10)5-16-3-4-18-6-9(16)11(17)13-7-1-2-7/h7,9H,1-6,12H2,(H,13,17). The van der Waals surface area contributed by atoms with Crippen LogP contribution in [0.15, 0.2) is 0 Å². The van der Waals surface area contributed by atoms with Crippen LogP contribution in [0.2, 0.25) is 0 Å². The molecule has 3 rings (SSSR count). The van der Waals surface area contributed by atoms with E-state index < -0.39 is 0 Å². The molecule has 2 fully saturated rings. The number of hydrogen-bond acceptors (Lipinski definition) is 7. The van der Waals surface area contributed by atoms with Crippen molar-refractivity contribution in [1.82, 2.24) is 19.8 Å². The molecule has 0 aromatic carbocycles. The van der Waals surface area contributed by atoms with Gasteiger partial charge in [0.15, 0.2) is 0 Å². The summed E-state index contributed by atoms with van der Waals surface area (Å²) in [5.41, 5.74) is 6.55. The fourth-order valence-corrected chi connectivity index (χ4v) is 2.55. The number of carbonyl (C=O) groups excluding carboxylic acids is 1. The van der Waals surface area contributed by atoms with Crippen LogP contribution in [0, 0.1) is 0 Å². The van der Waals surface area contributed by atoms with E-state index in [-0.39, 0.29) is 11.9 Å². The van der Waals surface area contributed by atoms with Gasteiger partial charge in [0.25, 0.3) is 0 Å². The molecule has 19 heavy (non-hydrogen) atoms. The number of nitrogens with zero attached hydrogens (tertiary/aromatic N) is 3. The van der Waals surface area contributed by atoms with Crippen LogP contribution in [-0.2, 0) is 16.1 Å². The molecule has 1 aromatic rings. The molecule has 1 aliphatic carbocycles. The molecule has 2 heterocycles. The van der Waals surface area contributed by atoms with Crippen LogP contribution in [0.25, 0.3) is 0 Å². The summed E-state index contributed by atoms with van der Waals surface area (Å²) in [5.74, 6) is 0.0453. The number of carbonyl (C=O) groups is 1. The number of amides is 1. The number of nitrogen functional groups attached to an aromatic ring is 1. The number of nitrogens with two attached hydrogens (primary N) is 1. The van der Waals surface area contributed by atoms with Crippen molar-refractivity contribution in [1.29, 1.82) is 0 Å². The average Bonchev–Trinajstić information content (AvgIpc) is 3.13. The summed E-state index contributed by atoms with van der Waals surface area (Å²) < 4.78 is 9.24. The summed E-state index contributed by atoms with van der Waals surface area (Å²) in [6.07, 6.45) is 2.17. The van der Waals surface area contributed by atoms with Gasteiger partial charge in [0.1, 0.15) is 16.7 Å². The molecule has 1 saturated carbocycles. The van der Waals surface area contributed by atoms with E-state index in [0.29, 0.717) is 37.3 Å². The van der Waals surface area contributed by atoms with Crippen LogP contribution >= 0.6 is 11.5 Å². The molecule has 104 valence electrons. The van der Waals surface area contributed by atoms with Crippen molar-refractivity contribution in [3.8, 4) is 0 Å². The summed E-state index contributed by atoms with van der Waals surface area (Å²) in [6.45, 7) is 2.31. The summed E-state index contributed by atoms with van der Waals surface area (Å²) in [5, 5.41) is 7.65. The molecular formula is C11H17N5O2S. The molecule has 1 amide bonds. The normalized spacial score (nSPS) is 24.3. The van der Waals surface area contributed by atoms with Gasteiger partial charge in [-0.15, -0.1) is 5.10 Å². The maximum atomic E-state index is 12.2. The zero-order valence-corrected chi connectivity index (χ0v) is 11.4. The first-order valence-electron chi connectivity index (χ1n) is 6.43. The maximum absolute atomic E-state index is 12.2. The Morgan fingerprint density at radius 1 is 1.58 bits per heavy atom. The molecular weight excluding hydrogens is 266 g/mol. The third-order valence-corrected chi connectivity index (χ3v) is 4.00. The molecule has 1 aliphatic heterocycles. The highest BCUT2D eigenvalue weighted by atomic mass is 32.1. The van der Waals surface area contributed by atoms with Crippen LogP contribution in [0.4, 0.5) is 5.00 Å². The van der Waals surface area contributed by atoms with Crippen molar-refractivity contribution in [3.63, 3.8) is 0 Å². The smallest absolute Gasteiger partial charge is 0.239 e. The molecule has 0 spiro atoms. The molecule has 0 radical (unpaired) electrons. The molecule has 1 saturated heterocycles. The van der Waals surface area contributed by atoms with E-state index >= 15 is 0 Å². The van der Waals surface area contributed by atoms with Gasteiger partial charge in [-0.2, -0.15) is 0 Å². The van der Waals surface area contributed by atoms with Gasteiger partial charge in [-0.3, -0.25) is 9.69 Å². The van der Waals surface area contributed by atoms with Crippen LogP contribution in [0.3, 0.4) is 0 Å². The van der Waals surface area contributed by atoms with E-state index in [1.54, 1.807) is 0 Å². The summed E-state index contributed by atoms with van der Waals surface area (Å²) in [7, 11) is 0. The Bertz CT molecular complexity index is 462. The minimum absolute atomic E-state index is 0.0453. The van der Waals surface area contributed by atoms with E-state index in [2.05, 4.69) is 19.8 Å². The quantitative estimate of drug-likeness (QED) is 0.781. The highest BCUT2D eigenvalue weighted by Crippen LogP contribution is 2.21. The molecule has 1 atom stereocenters. The summed E-state index contributed by atoms with van der Waals surface area (Å²) in [4.78, 5) is 14.2. The number of aromatic nitrogens is 2. The van der Waals surface area contributed by atoms with Crippen molar-refractivity contribution in [2.75, 3.05) is 25.5 Å². The molecule has 0 bridgehead atoms. The van der Waals surface area contributed by atoms with Gasteiger partial charge in [-0.25, -0.2) is 0 Å². The number of hydrogen-bond donors (Lipinski definition) is 2. The van der Waals surface area contributed by atoms with Crippen LogP contribution in [0.1, 0.15) is 18.5 Å². The van der Waals surface area contributed by atoms with Gasteiger partial charge in [-0.1, -0.05) is 4.49 Å². The van der Waals surface area contributed by atoms with Crippen LogP contribution in [-0.4, -0.2) is 52.2 Å². The molecule has 1 unspecified atom stereocenters. The Morgan fingerprint density at radius 3 is 3.11 bits per heavy atom. The lowest BCUT2D eigenvalue weighted by atomic mass is 10.2. The largest absolute Gasteiger partial charge is 0.388 e. The second-order valence-corrected chi connectivity index (χ2v) is 5.71. The van der Waals surface area contributed by atoms with Gasteiger partial charge in [0.2, 0.25) is 5.91 Å². The zero-order valence-electron chi connectivity index (χ0n) is 10.5. The summed E-state index contributed by atoms with van der Waals surface area (Å²) >= 11 is 1.18. The third-order valence-electron chi connectivity index (χ3n) is 3.40. The number of rotatable bonds is 4. The van der Waals surface area contributed by atoms with Gasteiger partial charge in [0, 0.05) is 30.7 Å². The molecule has 1 aromatic heterocycles. The maximum Gasteiger partial charge on any atom is 0.239 e. The van der Waals surface area contributed by atoms with Gasteiger partial charge in [-0.05, 0) is 12.8 Å². The number of ether oxygens (including phenoxy) is 1. The first kappa shape index (κ1) is 12.8. The van der Waals surface area contributed by atoms with E-state index in [0.717, 1.165) is 18.5 Å². The highest BCUT2D eigenvalue weighted by molar-refractivity contribution is 7.09.